The summed E-state index contributed by atoms with van der Waals surface area (Å²) in [5.41, 5.74) is 1.99. The summed E-state index contributed by atoms with van der Waals surface area (Å²) in [6.45, 7) is 0.230. The minimum absolute atomic E-state index is 0.129. The molecule has 1 aliphatic rings. The van der Waals surface area contributed by atoms with Gasteiger partial charge < -0.3 is 20.1 Å². The Hall–Kier alpha value is -2.76. The van der Waals surface area contributed by atoms with Crippen LogP contribution in [-0.2, 0) is 12.8 Å². The molecular formula is C18H19FN2O3. The molecular weight excluding hydrogens is 311 g/mol. The number of nitrogens with one attached hydrogen (secondary N) is 2. The van der Waals surface area contributed by atoms with E-state index in [1.807, 2.05) is 18.2 Å². The number of ether oxygens (including phenoxy) is 2. The number of carbonyl (C=O) groups excluding carboxylic acids is 1. The first kappa shape index (κ1) is 16.1. The number of rotatable bonds is 5. The Morgan fingerprint density at radius 2 is 1.75 bits per heavy atom. The fourth-order valence-corrected chi connectivity index (χ4v) is 2.69. The molecule has 2 aromatic rings. The molecule has 1 heterocycles. The first-order valence-electron chi connectivity index (χ1n) is 7.75. The molecule has 0 bridgehead atoms. The molecule has 1 aliphatic heterocycles. The molecule has 0 spiro atoms. The van der Waals surface area contributed by atoms with Crippen molar-refractivity contribution < 1.29 is 18.7 Å². The molecule has 0 saturated carbocycles. The number of benzene rings is 2. The van der Waals surface area contributed by atoms with Gasteiger partial charge in [0.2, 0.25) is 6.79 Å². The third-order valence-electron chi connectivity index (χ3n) is 3.88. The number of halogens is 1. The molecule has 0 aliphatic carbocycles. The molecule has 5 nitrogen and oxygen atoms in total. The van der Waals surface area contributed by atoms with Crippen molar-refractivity contribution >= 4 is 6.03 Å². The van der Waals surface area contributed by atoms with Crippen molar-refractivity contribution in [2.75, 3.05) is 13.8 Å². The predicted molar refractivity (Wildman–Crippen MR) is 87.8 cm³/mol. The van der Waals surface area contributed by atoms with E-state index < -0.39 is 0 Å². The molecule has 0 fully saturated rings. The molecule has 2 amide bonds. The maximum Gasteiger partial charge on any atom is 0.314 e. The summed E-state index contributed by atoms with van der Waals surface area (Å²) < 4.78 is 23.8. The van der Waals surface area contributed by atoms with Crippen LogP contribution in [0.5, 0.6) is 11.5 Å². The Morgan fingerprint density at radius 1 is 1.08 bits per heavy atom. The Bertz CT molecular complexity index is 719. The summed E-state index contributed by atoms with van der Waals surface area (Å²) in [5.74, 6) is 1.17. The van der Waals surface area contributed by atoms with E-state index in [1.165, 1.54) is 12.1 Å². The van der Waals surface area contributed by atoms with Crippen LogP contribution < -0.4 is 20.1 Å². The standard InChI is InChI=1S/C18H19FN2O3/c1-20-18(22)21-15(8-12-2-5-14(19)6-3-12)9-13-4-7-16-17(10-13)24-11-23-16/h2-7,10,15H,8-9,11H2,1H3,(H2,20,21,22). The van der Waals surface area contributed by atoms with Crippen molar-refractivity contribution in [2.24, 2.45) is 0 Å². The van der Waals surface area contributed by atoms with Crippen molar-refractivity contribution in [2.45, 2.75) is 18.9 Å². The van der Waals surface area contributed by atoms with E-state index in [0.717, 1.165) is 16.9 Å². The number of fused-ring (bicyclic) bond motifs is 1. The van der Waals surface area contributed by atoms with Gasteiger partial charge in [0.25, 0.3) is 0 Å². The molecule has 2 N–H and O–H groups in total. The number of hydrogen-bond donors (Lipinski definition) is 2. The zero-order chi connectivity index (χ0) is 16.9. The van der Waals surface area contributed by atoms with Crippen LogP contribution in [0.4, 0.5) is 9.18 Å². The molecule has 1 unspecified atom stereocenters. The van der Waals surface area contributed by atoms with Crippen LogP contribution in [-0.4, -0.2) is 25.9 Å². The molecule has 1 atom stereocenters. The van der Waals surface area contributed by atoms with Crippen molar-refractivity contribution in [1.29, 1.82) is 0 Å². The molecule has 2 aromatic carbocycles. The highest BCUT2D eigenvalue weighted by molar-refractivity contribution is 5.73. The summed E-state index contributed by atoms with van der Waals surface area (Å²) in [6, 6.07) is 11.7. The molecule has 0 radical (unpaired) electrons. The first-order chi connectivity index (χ1) is 11.6. The Kier molecular flexibility index (Phi) is 4.84. The minimum Gasteiger partial charge on any atom is -0.454 e. The highest BCUT2D eigenvalue weighted by Gasteiger charge is 2.17. The van der Waals surface area contributed by atoms with E-state index >= 15 is 0 Å². The number of urea groups is 1. The van der Waals surface area contributed by atoms with Crippen molar-refractivity contribution in [3.63, 3.8) is 0 Å². The molecule has 3 rings (SSSR count). The van der Waals surface area contributed by atoms with Gasteiger partial charge in [0.1, 0.15) is 5.82 Å². The van der Waals surface area contributed by atoms with E-state index in [1.54, 1.807) is 19.2 Å². The van der Waals surface area contributed by atoms with Crippen LogP contribution in [0, 0.1) is 5.82 Å². The van der Waals surface area contributed by atoms with E-state index in [4.69, 9.17) is 9.47 Å². The van der Waals surface area contributed by atoms with Crippen LogP contribution in [0.2, 0.25) is 0 Å². The molecule has 24 heavy (non-hydrogen) atoms. The molecule has 0 aromatic heterocycles. The summed E-state index contributed by atoms with van der Waals surface area (Å²) in [5, 5.41) is 5.49. The third kappa shape index (κ3) is 3.95. The fraction of sp³-hybridized carbons (Fsp3) is 0.278. The maximum atomic E-state index is 13.1. The van der Waals surface area contributed by atoms with Gasteiger partial charge in [0, 0.05) is 13.1 Å². The number of carbonyl (C=O) groups is 1. The number of hydrogen-bond acceptors (Lipinski definition) is 3. The highest BCUT2D eigenvalue weighted by Crippen LogP contribution is 2.32. The lowest BCUT2D eigenvalue weighted by Crippen LogP contribution is -2.42. The number of amides is 2. The average Bonchev–Trinajstić information content (AvgIpc) is 3.04. The quantitative estimate of drug-likeness (QED) is 0.886. The molecule has 126 valence electrons. The van der Waals surface area contributed by atoms with Gasteiger partial charge in [-0.1, -0.05) is 18.2 Å². The second kappa shape index (κ2) is 7.21. The molecule has 6 heteroatoms. The van der Waals surface area contributed by atoms with Crippen molar-refractivity contribution in [3.8, 4) is 11.5 Å². The lowest BCUT2D eigenvalue weighted by molar-refractivity contribution is 0.174. The van der Waals surface area contributed by atoms with Gasteiger partial charge in [0.15, 0.2) is 11.5 Å². The summed E-state index contributed by atoms with van der Waals surface area (Å²) >= 11 is 0. The van der Waals surface area contributed by atoms with Gasteiger partial charge in [-0.3, -0.25) is 0 Å². The van der Waals surface area contributed by atoms with E-state index in [-0.39, 0.29) is 24.7 Å². The van der Waals surface area contributed by atoms with E-state index in [9.17, 15) is 9.18 Å². The Labute approximate surface area is 139 Å². The van der Waals surface area contributed by atoms with Gasteiger partial charge in [-0.05, 0) is 48.2 Å². The van der Waals surface area contributed by atoms with E-state index in [2.05, 4.69) is 10.6 Å². The lowest BCUT2D eigenvalue weighted by atomic mass is 9.98. The summed E-state index contributed by atoms with van der Waals surface area (Å²) in [6.07, 6.45) is 1.23. The second-order valence-corrected chi connectivity index (χ2v) is 5.64. The fourth-order valence-electron chi connectivity index (χ4n) is 2.69. The largest absolute Gasteiger partial charge is 0.454 e. The zero-order valence-corrected chi connectivity index (χ0v) is 13.3. The third-order valence-corrected chi connectivity index (χ3v) is 3.88. The zero-order valence-electron chi connectivity index (χ0n) is 13.3. The Morgan fingerprint density at radius 3 is 2.50 bits per heavy atom. The topological polar surface area (TPSA) is 59.6 Å². The average molecular weight is 330 g/mol. The summed E-state index contributed by atoms with van der Waals surface area (Å²) in [7, 11) is 1.57. The smallest absolute Gasteiger partial charge is 0.314 e. The minimum atomic E-state index is -0.273. The molecule has 0 saturated heterocycles. The second-order valence-electron chi connectivity index (χ2n) is 5.64. The van der Waals surface area contributed by atoms with Crippen molar-refractivity contribution in [3.05, 3.63) is 59.4 Å². The van der Waals surface area contributed by atoms with Crippen LogP contribution in [0.3, 0.4) is 0 Å². The first-order valence-corrected chi connectivity index (χ1v) is 7.75. The van der Waals surface area contributed by atoms with Crippen molar-refractivity contribution in [1.82, 2.24) is 10.6 Å². The van der Waals surface area contributed by atoms with Crippen LogP contribution in [0.1, 0.15) is 11.1 Å². The van der Waals surface area contributed by atoms with Crippen LogP contribution >= 0.6 is 0 Å². The van der Waals surface area contributed by atoms with Gasteiger partial charge in [-0.25, -0.2) is 9.18 Å². The van der Waals surface area contributed by atoms with E-state index in [0.29, 0.717) is 18.6 Å². The SMILES string of the molecule is CNC(=O)NC(Cc1ccc(F)cc1)Cc1ccc2c(c1)OCO2. The lowest BCUT2D eigenvalue weighted by Gasteiger charge is -2.19. The Balaban J connectivity index is 1.74. The van der Waals surface area contributed by atoms with Gasteiger partial charge in [-0.2, -0.15) is 0 Å². The maximum absolute atomic E-state index is 13.1. The monoisotopic (exact) mass is 330 g/mol. The normalized spacial score (nSPS) is 13.4. The van der Waals surface area contributed by atoms with Crippen LogP contribution in [0.15, 0.2) is 42.5 Å². The van der Waals surface area contributed by atoms with Gasteiger partial charge in [-0.15, -0.1) is 0 Å². The van der Waals surface area contributed by atoms with Gasteiger partial charge in [0.05, 0.1) is 0 Å². The van der Waals surface area contributed by atoms with Crippen LogP contribution in [0.25, 0.3) is 0 Å². The highest BCUT2D eigenvalue weighted by atomic mass is 19.1. The van der Waals surface area contributed by atoms with Gasteiger partial charge >= 0.3 is 6.03 Å². The summed E-state index contributed by atoms with van der Waals surface area (Å²) in [4.78, 5) is 11.7. The predicted octanol–water partition coefficient (Wildman–Crippen LogP) is 2.64.